The molecule has 3 aromatic carbocycles. The van der Waals surface area contributed by atoms with Crippen LogP contribution in [0.15, 0.2) is 54.6 Å². The van der Waals surface area contributed by atoms with E-state index in [1.165, 1.54) is 36.4 Å². The highest BCUT2D eigenvalue weighted by atomic mass is 35.5. The predicted molar refractivity (Wildman–Crippen MR) is 114 cm³/mol. The minimum atomic E-state index is -5.09. The zero-order valence-electron chi connectivity index (χ0n) is 14.3. The molecular weight excluding hydrogens is 482 g/mol. The van der Waals surface area contributed by atoms with Crippen LogP contribution in [0.5, 0.6) is 11.5 Å². The van der Waals surface area contributed by atoms with Crippen molar-refractivity contribution in [3.8, 4) is 11.5 Å². The van der Waals surface area contributed by atoms with Gasteiger partial charge in [0.05, 0.1) is 10.0 Å². The van der Waals surface area contributed by atoms with E-state index in [0.717, 1.165) is 18.2 Å². The summed E-state index contributed by atoms with van der Waals surface area (Å²) in [6.07, 6.45) is 0. The molecular formula is C19H12Cl4O5S. The van der Waals surface area contributed by atoms with Crippen LogP contribution in [0.1, 0.15) is 16.7 Å². The van der Waals surface area contributed by atoms with Gasteiger partial charge < -0.3 is 10.2 Å². The summed E-state index contributed by atoms with van der Waals surface area (Å²) in [5.74, 6) is -0.896. The van der Waals surface area contributed by atoms with Crippen molar-refractivity contribution in [3.05, 3.63) is 91.4 Å². The Balaban J connectivity index is 2.63. The standard InChI is InChI=1S/C19H12Cl4O5S/c20-12-3-1-10(2-4-12)19(29(26,27)28,11-7-13(24)9-14(25)8-11)17-15(21)5-6-16(22)18(17)23/h1-9,24-25H,(H,26,27,28). The van der Waals surface area contributed by atoms with Crippen LogP contribution >= 0.6 is 46.4 Å². The molecule has 0 amide bonds. The molecule has 0 aliphatic rings. The normalized spacial score (nSPS) is 13.8. The van der Waals surface area contributed by atoms with E-state index in [-0.39, 0.29) is 31.8 Å². The summed E-state index contributed by atoms with van der Waals surface area (Å²) in [7, 11) is -5.09. The largest absolute Gasteiger partial charge is 0.508 e. The van der Waals surface area contributed by atoms with E-state index in [4.69, 9.17) is 46.4 Å². The molecule has 1 unspecified atom stereocenters. The zero-order valence-corrected chi connectivity index (χ0v) is 18.1. The van der Waals surface area contributed by atoms with Crippen LogP contribution in [0.3, 0.4) is 0 Å². The fourth-order valence-electron chi connectivity index (χ4n) is 3.21. The fourth-order valence-corrected chi connectivity index (χ4v) is 5.58. The smallest absolute Gasteiger partial charge is 0.283 e. The molecule has 0 heterocycles. The molecule has 0 fully saturated rings. The number of rotatable bonds is 4. The van der Waals surface area contributed by atoms with E-state index in [9.17, 15) is 23.2 Å². The van der Waals surface area contributed by atoms with E-state index >= 15 is 0 Å². The Labute approximate surface area is 186 Å². The Bertz CT molecular complexity index is 1180. The van der Waals surface area contributed by atoms with Gasteiger partial charge in [-0.25, -0.2) is 0 Å². The third-order valence-corrected chi connectivity index (χ3v) is 7.16. The average molecular weight is 494 g/mol. The Morgan fingerprint density at radius 2 is 1.24 bits per heavy atom. The lowest BCUT2D eigenvalue weighted by atomic mass is 9.83. The number of hydrogen-bond donors (Lipinski definition) is 3. The highest BCUT2D eigenvalue weighted by Crippen LogP contribution is 2.51. The number of hydrogen-bond acceptors (Lipinski definition) is 4. The van der Waals surface area contributed by atoms with Gasteiger partial charge in [-0.3, -0.25) is 4.55 Å². The highest BCUT2D eigenvalue weighted by Gasteiger charge is 2.51. The minimum Gasteiger partial charge on any atom is -0.508 e. The van der Waals surface area contributed by atoms with Crippen molar-refractivity contribution < 1.29 is 23.2 Å². The third kappa shape index (κ3) is 3.77. The van der Waals surface area contributed by atoms with Crippen molar-refractivity contribution in [2.24, 2.45) is 0 Å². The van der Waals surface area contributed by atoms with Crippen LogP contribution in [0.4, 0.5) is 0 Å². The number of halogens is 4. The molecule has 0 radical (unpaired) electrons. The van der Waals surface area contributed by atoms with Crippen LogP contribution in [0.2, 0.25) is 20.1 Å². The SMILES string of the molecule is O=S(=O)(O)C(c1ccc(Cl)cc1)(c1cc(O)cc(O)c1)c1c(Cl)ccc(Cl)c1Cl. The first-order chi connectivity index (χ1) is 13.5. The van der Waals surface area contributed by atoms with Gasteiger partial charge in [0.2, 0.25) is 0 Å². The molecule has 3 rings (SSSR count). The summed E-state index contributed by atoms with van der Waals surface area (Å²) in [5, 5.41) is 20.0. The molecule has 0 aliphatic heterocycles. The summed E-state index contributed by atoms with van der Waals surface area (Å²) in [5.41, 5.74) is -0.463. The van der Waals surface area contributed by atoms with Crippen molar-refractivity contribution in [1.29, 1.82) is 0 Å². The molecule has 0 aliphatic carbocycles. The van der Waals surface area contributed by atoms with Gasteiger partial charge in [0, 0.05) is 21.7 Å². The fraction of sp³-hybridized carbons (Fsp3) is 0.0526. The number of aromatic hydroxyl groups is 2. The second kappa shape index (κ2) is 7.87. The van der Waals surface area contributed by atoms with Crippen molar-refractivity contribution in [2.75, 3.05) is 0 Å². The second-order valence-corrected chi connectivity index (χ2v) is 9.31. The van der Waals surface area contributed by atoms with Crippen molar-refractivity contribution in [3.63, 3.8) is 0 Å². The van der Waals surface area contributed by atoms with Crippen LogP contribution in [-0.4, -0.2) is 23.2 Å². The number of phenols is 2. The maximum absolute atomic E-state index is 13.0. The maximum Gasteiger partial charge on any atom is 0.283 e. The van der Waals surface area contributed by atoms with Gasteiger partial charge in [0.15, 0.2) is 4.75 Å². The van der Waals surface area contributed by atoms with Gasteiger partial charge in [-0.05, 0) is 47.5 Å². The van der Waals surface area contributed by atoms with Gasteiger partial charge in [0.1, 0.15) is 11.5 Å². The van der Waals surface area contributed by atoms with Gasteiger partial charge in [-0.1, -0.05) is 58.5 Å². The Hall–Kier alpha value is -1.67. The average Bonchev–Trinajstić information content (AvgIpc) is 2.61. The zero-order chi connectivity index (χ0) is 21.6. The first kappa shape index (κ1) is 22.0. The minimum absolute atomic E-state index is 0.000432. The molecule has 0 bridgehead atoms. The molecule has 3 N–H and O–H groups in total. The van der Waals surface area contributed by atoms with Gasteiger partial charge in [0.25, 0.3) is 10.1 Å². The first-order valence-electron chi connectivity index (χ1n) is 7.89. The van der Waals surface area contributed by atoms with Crippen LogP contribution in [0.25, 0.3) is 0 Å². The van der Waals surface area contributed by atoms with Gasteiger partial charge in [-0.2, -0.15) is 8.42 Å². The molecule has 1 atom stereocenters. The van der Waals surface area contributed by atoms with Crippen LogP contribution in [-0.2, 0) is 14.9 Å². The van der Waals surface area contributed by atoms with E-state index in [0.29, 0.717) is 5.02 Å². The quantitative estimate of drug-likeness (QED) is 0.239. The van der Waals surface area contributed by atoms with Crippen LogP contribution < -0.4 is 0 Å². The van der Waals surface area contributed by atoms with E-state index < -0.39 is 26.4 Å². The van der Waals surface area contributed by atoms with Crippen molar-refractivity contribution >= 4 is 56.5 Å². The lowest BCUT2D eigenvalue weighted by molar-refractivity contribution is 0.444. The Morgan fingerprint density at radius 3 is 1.76 bits per heavy atom. The molecule has 0 saturated heterocycles. The topological polar surface area (TPSA) is 94.8 Å². The summed E-state index contributed by atoms with van der Waals surface area (Å²) in [4.78, 5) is 0. The monoisotopic (exact) mass is 492 g/mol. The van der Waals surface area contributed by atoms with Crippen molar-refractivity contribution in [2.45, 2.75) is 4.75 Å². The predicted octanol–water partition coefficient (Wildman–Crippen LogP) is 5.89. The summed E-state index contributed by atoms with van der Waals surface area (Å²) >= 11 is 24.7. The molecule has 0 saturated carbocycles. The van der Waals surface area contributed by atoms with E-state index in [1.807, 2.05) is 0 Å². The third-order valence-electron chi connectivity index (χ3n) is 4.34. The van der Waals surface area contributed by atoms with Gasteiger partial charge in [-0.15, -0.1) is 0 Å². The summed E-state index contributed by atoms with van der Waals surface area (Å²) < 4.78 is 34.0. The molecule has 29 heavy (non-hydrogen) atoms. The van der Waals surface area contributed by atoms with E-state index in [1.54, 1.807) is 0 Å². The van der Waals surface area contributed by atoms with Gasteiger partial charge >= 0.3 is 0 Å². The second-order valence-electron chi connectivity index (χ2n) is 6.12. The Kier molecular flexibility index (Phi) is 5.98. The first-order valence-corrected chi connectivity index (χ1v) is 10.8. The van der Waals surface area contributed by atoms with Crippen LogP contribution in [0, 0.1) is 0 Å². The number of phenolic OH excluding ortho intramolecular Hbond substituents is 2. The molecule has 0 aromatic heterocycles. The lowest BCUT2D eigenvalue weighted by Gasteiger charge is -2.34. The molecule has 10 heteroatoms. The summed E-state index contributed by atoms with van der Waals surface area (Å²) in [6, 6.07) is 11.3. The highest BCUT2D eigenvalue weighted by molar-refractivity contribution is 7.87. The van der Waals surface area contributed by atoms with Crippen molar-refractivity contribution in [1.82, 2.24) is 0 Å². The lowest BCUT2D eigenvalue weighted by Crippen LogP contribution is -2.39. The Morgan fingerprint density at radius 1 is 0.724 bits per heavy atom. The molecule has 5 nitrogen and oxygen atoms in total. The molecule has 152 valence electrons. The summed E-state index contributed by atoms with van der Waals surface area (Å²) in [6.45, 7) is 0. The maximum atomic E-state index is 13.0. The number of benzene rings is 3. The molecule has 0 spiro atoms. The van der Waals surface area contributed by atoms with E-state index in [2.05, 4.69) is 0 Å². The molecule has 3 aromatic rings.